The summed E-state index contributed by atoms with van der Waals surface area (Å²) in [6.07, 6.45) is 0. The highest BCUT2D eigenvalue weighted by Gasteiger charge is 2.27. The lowest BCUT2D eigenvalue weighted by Gasteiger charge is -2.38. The molecule has 1 amide bonds. The summed E-state index contributed by atoms with van der Waals surface area (Å²) in [6.45, 7) is 6.87. The summed E-state index contributed by atoms with van der Waals surface area (Å²) >= 11 is 6.33. The Labute approximate surface area is 181 Å². The smallest absolute Gasteiger partial charge is 0.293 e. The lowest BCUT2D eigenvalue weighted by molar-refractivity contribution is -0.384. The van der Waals surface area contributed by atoms with E-state index in [1.807, 2.05) is 4.90 Å². The Morgan fingerprint density at radius 3 is 2.23 bits per heavy atom. The number of anilines is 2. The molecule has 9 heteroatoms. The molecule has 1 aliphatic heterocycles. The van der Waals surface area contributed by atoms with Gasteiger partial charge in [0.1, 0.15) is 5.69 Å². The van der Waals surface area contributed by atoms with Gasteiger partial charge in [-0.2, -0.15) is 0 Å². The largest absolute Gasteiger partial charge is 0.368 e. The van der Waals surface area contributed by atoms with Crippen molar-refractivity contribution in [3.63, 3.8) is 0 Å². The molecule has 2 aromatic carbocycles. The van der Waals surface area contributed by atoms with E-state index in [0.29, 0.717) is 18.8 Å². The summed E-state index contributed by atoms with van der Waals surface area (Å²) in [4.78, 5) is 27.8. The van der Waals surface area contributed by atoms with Crippen LogP contribution in [0, 0.1) is 24.0 Å². The molecule has 0 atom stereocenters. The van der Waals surface area contributed by atoms with Crippen LogP contribution in [0.1, 0.15) is 21.5 Å². The molecule has 0 saturated carbocycles. The third-order valence-electron chi connectivity index (χ3n) is 5.16. The van der Waals surface area contributed by atoms with Crippen molar-refractivity contribution in [2.45, 2.75) is 13.8 Å². The van der Waals surface area contributed by atoms with Crippen LogP contribution in [-0.4, -0.2) is 56.1 Å². The average molecular weight is 432 g/mol. The Bertz CT molecular complexity index is 971. The number of nitrogens with zero attached hydrogens (tertiary/aromatic N) is 4. The van der Waals surface area contributed by atoms with Crippen molar-refractivity contribution in [1.82, 2.24) is 10.4 Å². The second kappa shape index (κ2) is 8.89. The van der Waals surface area contributed by atoms with Crippen LogP contribution in [0.4, 0.5) is 17.1 Å². The summed E-state index contributed by atoms with van der Waals surface area (Å²) in [7, 11) is 3.31. The number of halogens is 1. The molecule has 1 fully saturated rings. The van der Waals surface area contributed by atoms with Gasteiger partial charge in [-0.3, -0.25) is 20.3 Å². The summed E-state index contributed by atoms with van der Waals surface area (Å²) in [5, 5.41) is 13.4. The molecule has 1 saturated heterocycles. The van der Waals surface area contributed by atoms with E-state index in [9.17, 15) is 14.9 Å². The van der Waals surface area contributed by atoms with E-state index < -0.39 is 10.8 Å². The molecule has 0 spiro atoms. The maximum atomic E-state index is 12.3. The van der Waals surface area contributed by atoms with Crippen molar-refractivity contribution in [3.8, 4) is 0 Å². The third kappa shape index (κ3) is 4.66. The number of nitro benzene ring substituents is 1. The molecular weight excluding hydrogens is 406 g/mol. The fraction of sp³-hybridized carbons (Fsp3) is 0.381. The van der Waals surface area contributed by atoms with Crippen molar-refractivity contribution in [1.29, 1.82) is 0 Å². The molecule has 0 bridgehead atoms. The lowest BCUT2D eigenvalue weighted by atomic mass is 10.1. The van der Waals surface area contributed by atoms with E-state index in [4.69, 9.17) is 11.6 Å². The molecule has 30 heavy (non-hydrogen) atoms. The van der Waals surface area contributed by atoms with Crippen LogP contribution in [0.15, 0.2) is 30.3 Å². The molecule has 0 aliphatic carbocycles. The van der Waals surface area contributed by atoms with Gasteiger partial charge in [0.05, 0.1) is 15.5 Å². The number of carbonyl (C=O) groups is 1. The SMILES string of the molecule is Cc1ccc(C)c(N2CCN(c3cc(Cl)c(C(=O)NN(C)C)cc3[N+](=O)[O-])CC2)c1. The highest BCUT2D eigenvalue weighted by atomic mass is 35.5. The normalized spacial score (nSPS) is 14.2. The Morgan fingerprint density at radius 1 is 1.07 bits per heavy atom. The number of amides is 1. The molecule has 0 aromatic heterocycles. The van der Waals surface area contributed by atoms with Gasteiger partial charge in [-0.15, -0.1) is 0 Å². The van der Waals surface area contributed by atoms with Gasteiger partial charge < -0.3 is 9.80 Å². The number of hydrogen-bond donors (Lipinski definition) is 1. The Morgan fingerprint density at radius 2 is 1.67 bits per heavy atom. The molecule has 8 nitrogen and oxygen atoms in total. The van der Waals surface area contributed by atoms with Crippen molar-refractivity contribution in [3.05, 3.63) is 62.2 Å². The Balaban J connectivity index is 1.84. The van der Waals surface area contributed by atoms with Gasteiger partial charge in [0.15, 0.2) is 0 Å². The zero-order chi connectivity index (χ0) is 22.0. The summed E-state index contributed by atoms with van der Waals surface area (Å²) in [5.41, 5.74) is 6.56. The van der Waals surface area contributed by atoms with Crippen LogP contribution in [0.3, 0.4) is 0 Å². The zero-order valence-electron chi connectivity index (χ0n) is 17.6. The number of nitrogens with one attached hydrogen (secondary N) is 1. The first kappa shape index (κ1) is 21.9. The summed E-state index contributed by atoms with van der Waals surface area (Å²) < 4.78 is 0. The topological polar surface area (TPSA) is 82.0 Å². The van der Waals surface area contributed by atoms with Crippen molar-refractivity contribution in [2.24, 2.45) is 0 Å². The molecule has 0 unspecified atom stereocenters. The second-order valence-corrected chi connectivity index (χ2v) is 8.08. The summed E-state index contributed by atoms with van der Waals surface area (Å²) in [6, 6.07) is 9.15. The van der Waals surface area contributed by atoms with E-state index in [-0.39, 0.29) is 16.3 Å². The maximum absolute atomic E-state index is 12.3. The first-order valence-corrected chi connectivity index (χ1v) is 10.1. The minimum absolute atomic E-state index is 0.0786. The number of aryl methyl sites for hydroxylation is 2. The van der Waals surface area contributed by atoms with Gasteiger partial charge in [0.25, 0.3) is 11.6 Å². The van der Waals surface area contributed by atoms with Crippen LogP contribution in [0.25, 0.3) is 0 Å². The predicted molar refractivity (Wildman–Crippen MR) is 120 cm³/mol. The van der Waals surface area contributed by atoms with Crippen LogP contribution in [0.5, 0.6) is 0 Å². The molecular formula is C21H26ClN5O3. The van der Waals surface area contributed by atoms with Gasteiger partial charge >= 0.3 is 0 Å². The van der Waals surface area contributed by atoms with Gasteiger partial charge in [0.2, 0.25) is 0 Å². The van der Waals surface area contributed by atoms with E-state index in [1.165, 1.54) is 34.0 Å². The Kier molecular flexibility index (Phi) is 6.48. The molecule has 2 aromatic rings. The number of hydrogen-bond acceptors (Lipinski definition) is 6. The van der Waals surface area contributed by atoms with Crippen LogP contribution >= 0.6 is 11.6 Å². The quantitative estimate of drug-likeness (QED) is 0.577. The number of piperazine rings is 1. The monoisotopic (exact) mass is 431 g/mol. The van der Waals surface area contributed by atoms with Gasteiger partial charge in [-0.1, -0.05) is 23.7 Å². The van der Waals surface area contributed by atoms with Gasteiger partial charge in [-0.25, -0.2) is 5.01 Å². The first-order valence-electron chi connectivity index (χ1n) is 9.70. The molecule has 1 N–H and O–H groups in total. The average Bonchev–Trinajstić information content (AvgIpc) is 2.69. The minimum Gasteiger partial charge on any atom is -0.368 e. The minimum atomic E-state index is -0.487. The summed E-state index contributed by atoms with van der Waals surface area (Å²) in [5.74, 6) is -0.487. The highest BCUT2D eigenvalue weighted by molar-refractivity contribution is 6.34. The Hall–Kier alpha value is -2.84. The van der Waals surface area contributed by atoms with E-state index in [0.717, 1.165) is 13.1 Å². The van der Waals surface area contributed by atoms with Crippen molar-refractivity contribution < 1.29 is 9.72 Å². The van der Waals surface area contributed by atoms with Crippen molar-refractivity contribution >= 4 is 34.6 Å². The molecule has 160 valence electrons. The maximum Gasteiger partial charge on any atom is 0.293 e. The first-order chi connectivity index (χ1) is 14.2. The van der Waals surface area contributed by atoms with Gasteiger partial charge in [0, 0.05) is 52.0 Å². The fourth-order valence-electron chi connectivity index (χ4n) is 3.64. The standard InChI is InChI=1S/C21H26ClN5O3/c1-14-5-6-15(2)18(11-14)25-7-9-26(10-8-25)19-13-17(22)16(12-20(19)27(29)30)21(28)23-24(3)4/h5-6,11-13H,7-10H2,1-4H3,(H,23,28). The van der Waals surface area contributed by atoms with E-state index in [1.54, 1.807) is 14.1 Å². The van der Waals surface area contributed by atoms with Crippen molar-refractivity contribution in [2.75, 3.05) is 50.1 Å². The predicted octanol–water partition coefficient (Wildman–Crippen LogP) is 3.40. The van der Waals surface area contributed by atoms with E-state index in [2.05, 4.69) is 42.4 Å². The highest BCUT2D eigenvalue weighted by Crippen LogP contribution is 2.35. The number of rotatable bonds is 5. The van der Waals surface area contributed by atoms with Crippen LogP contribution in [-0.2, 0) is 0 Å². The van der Waals surface area contributed by atoms with Crippen LogP contribution in [0.2, 0.25) is 5.02 Å². The number of carbonyl (C=O) groups excluding carboxylic acids is 1. The van der Waals surface area contributed by atoms with Gasteiger partial charge in [-0.05, 0) is 37.1 Å². The second-order valence-electron chi connectivity index (χ2n) is 7.68. The molecule has 1 heterocycles. The molecule has 1 aliphatic rings. The fourth-order valence-corrected chi connectivity index (χ4v) is 3.88. The molecule has 0 radical (unpaired) electrons. The number of benzene rings is 2. The van der Waals surface area contributed by atoms with Crippen LogP contribution < -0.4 is 15.2 Å². The van der Waals surface area contributed by atoms with E-state index >= 15 is 0 Å². The third-order valence-corrected chi connectivity index (χ3v) is 5.47. The lowest BCUT2D eigenvalue weighted by Crippen LogP contribution is -2.47. The number of hydrazine groups is 1. The molecule has 3 rings (SSSR count). The number of nitro groups is 1. The zero-order valence-corrected chi connectivity index (χ0v) is 18.4.